The smallest absolute Gasteiger partial charge is 0.324 e. The molecule has 0 N–H and O–H groups in total. The Morgan fingerprint density at radius 2 is 1.67 bits per heavy atom. The third kappa shape index (κ3) is 6.82. The largest absolute Gasteiger partial charge is 0.468 e. The molecule has 0 aliphatic carbocycles. The quantitative estimate of drug-likeness (QED) is 0.181. The molecule has 0 aliphatic rings. The molecule has 27 heavy (non-hydrogen) atoms. The predicted molar refractivity (Wildman–Crippen MR) is 111 cm³/mol. The first-order valence-corrected chi connectivity index (χ1v) is 12.2. The van der Waals surface area contributed by atoms with E-state index in [1.54, 1.807) is 13.0 Å². The van der Waals surface area contributed by atoms with Crippen molar-refractivity contribution in [2.75, 3.05) is 20.8 Å². The Labute approximate surface area is 166 Å². The second kappa shape index (κ2) is 10.7. The fourth-order valence-electron chi connectivity index (χ4n) is 2.53. The van der Waals surface area contributed by atoms with Gasteiger partial charge in [-0.2, -0.15) is 0 Å². The highest BCUT2D eigenvalue weighted by atomic mass is 28.4. The van der Waals surface area contributed by atoms with Crippen molar-refractivity contribution < 1.29 is 23.5 Å². The van der Waals surface area contributed by atoms with Crippen LogP contribution in [0.25, 0.3) is 0 Å². The Morgan fingerprint density at radius 1 is 1.15 bits per heavy atom. The van der Waals surface area contributed by atoms with Crippen molar-refractivity contribution in [3.8, 4) is 11.8 Å². The molecule has 0 heterocycles. The number of carbonyl (C=O) groups excluding carboxylic acids is 2. The fraction of sp³-hybridized carbons (Fsp3) is 0.714. The summed E-state index contributed by atoms with van der Waals surface area (Å²) in [7, 11) is 0.672. The van der Waals surface area contributed by atoms with Gasteiger partial charge in [-0.1, -0.05) is 26.8 Å². The van der Waals surface area contributed by atoms with Gasteiger partial charge >= 0.3 is 11.9 Å². The number of esters is 2. The van der Waals surface area contributed by atoms with Crippen LogP contribution in [0, 0.1) is 23.2 Å². The van der Waals surface area contributed by atoms with Crippen molar-refractivity contribution in [3.63, 3.8) is 0 Å². The third-order valence-electron chi connectivity index (χ3n) is 5.42. The van der Waals surface area contributed by atoms with Gasteiger partial charge < -0.3 is 13.9 Å². The van der Waals surface area contributed by atoms with Crippen molar-refractivity contribution in [3.05, 3.63) is 12.7 Å². The molecule has 154 valence electrons. The van der Waals surface area contributed by atoms with Gasteiger partial charge in [0, 0.05) is 13.0 Å². The average molecular weight is 397 g/mol. The molecule has 1 unspecified atom stereocenters. The molecule has 0 aromatic heterocycles. The number of hydrogen-bond donors (Lipinski definition) is 0. The molecule has 0 bridgehead atoms. The minimum absolute atomic E-state index is 0.0519. The molecule has 0 amide bonds. The second-order valence-corrected chi connectivity index (χ2v) is 13.1. The summed E-state index contributed by atoms with van der Waals surface area (Å²) in [6.07, 6.45) is 2.70. The maximum atomic E-state index is 12.5. The van der Waals surface area contributed by atoms with Crippen LogP contribution >= 0.6 is 0 Å². The lowest BCUT2D eigenvalue weighted by atomic mass is 9.75. The van der Waals surface area contributed by atoms with E-state index >= 15 is 0 Å². The molecule has 0 saturated heterocycles. The third-order valence-corrected chi connectivity index (χ3v) is 9.96. The molecular formula is C21H36O5Si. The van der Waals surface area contributed by atoms with Crippen LogP contribution in [0.2, 0.25) is 18.1 Å². The average Bonchev–Trinajstić information content (AvgIpc) is 2.61. The molecule has 0 spiro atoms. The van der Waals surface area contributed by atoms with Gasteiger partial charge in [-0.3, -0.25) is 9.59 Å². The molecule has 0 radical (unpaired) electrons. The van der Waals surface area contributed by atoms with Crippen molar-refractivity contribution >= 4 is 20.3 Å². The van der Waals surface area contributed by atoms with Crippen molar-refractivity contribution in [2.24, 2.45) is 11.3 Å². The van der Waals surface area contributed by atoms with Crippen molar-refractivity contribution in [2.45, 2.75) is 65.1 Å². The SMILES string of the molecule is C=CC(CCO[Si](C)(C)C(C)(C)C)CC(CC#CC)(C(=O)OC)C(=O)OC. The van der Waals surface area contributed by atoms with Gasteiger partial charge in [-0.25, -0.2) is 0 Å². The first kappa shape index (κ1) is 25.4. The monoisotopic (exact) mass is 396 g/mol. The van der Waals surface area contributed by atoms with Crippen LogP contribution in [0.5, 0.6) is 0 Å². The maximum Gasteiger partial charge on any atom is 0.324 e. The van der Waals surface area contributed by atoms with Gasteiger partial charge in [0.05, 0.1) is 14.2 Å². The number of hydrogen-bond acceptors (Lipinski definition) is 5. The molecule has 0 fully saturated rings. The van der Waals surface area contributed by atoms with E-state index < -0.39 is 25.7 Å². The van der Waals surface area contributed by atoms with Crippen LogP contribution < -0.4 is 0 Å². The van der Waals surface area contributed by atoms with Crippen molar-refractivity contribution in [1.82, 2.24) is 0 Å². The molecule has 6 heteroatoms. The standard InChI is InChI=1S/C21H36O5Si/c1-10-12-14-21(18(22)24-6,19(23)25-7)16-17(11-2)13-15-26-27(8,9)20(3,4)5/h11,17H,2,13-16H2,1,3-9H3. The number of allylic oxidation sites excluding steroid dienone is 1. The summed E-state index contributed by atoms with van der Waals surface area (Å²) in [6.45, 7) is 17.0. The van der Waals surface area contributed by atoms with Crippen molar-refractivity contribution in [1.29, 1.82) is 0 Å². The molecule has 0 aliphatic heterocycles. The van der Waals surface area contributed by atoms with Gasteiger partial charge in [0.1, 0.15) is 0 Å². The Kier molecular flexibility index (Phi) is 10.0. The van der Waals surface area contributed by atoms with E-state index in [9.17, 15) is 9.59 Å². The highest BCUT2D eigenvalue weighted by Crippen LogP contribution is 2.38. The van der Waals surface area contributed by atoms with E-state index in [0.717, 1.165) is 0 Å². The number of methoxy groups -OCH3 is 2. The van der Waals surface area contributed by atoms with E-state index in [1.807, 2.05) is 0 Å². The van der Waals surface area contributed by atoms with Crippen LogP contribution in [0.4, 0.5) is 0 Å². The van der Waals surface area contributed by atoms with E-state index in [0.29, 0.717) is 13.0 Å². The summed E-state index contributed by atoms with van der Waals surface area (Å²) in [5.41, 5.74) is -1.46. The molecule has 0 aromatic rings. The number of rotatable bonds is 10. The molecule has 1 atom stereocenters. The van der Waals surface area contributed by atoms with E-state index in [2.05, 4.69) is 52.3 Å². The zero-order chi connectivity index (χ0) is 21.3. The van der Waals surface area contributed by atoms with Crippen LogP contribution in [0.3, 0.4) is 0 Å². The highest BCUT2D eigenvalue weighted by Gasteiger charge is 2.49. The summed E-state index contributed by atoms with van der Waals surface area (Å²) in [4.78, 5) is 25.0. The maximum absolute atomic E-state index is 12.5. The first-order chi connectivity index (χ1) is 12.4. The fourth-order valence-corrected chi connectivity index (χ4v) is 3.59. The number of carbonyl (C=O) groups is 2. The zero-order valence-electron chi connectivity index (χ0n) is 18.2. The Hall–Kier alpha value is -1.58. The summed E-state index contributed by atoms with van der Waals surface area (Å²) < 4.78 is 16.1. The predicted octanol–water partition coefficient (Wildman–Crippen LogP) is 4.34. The summed E-state index contributed by atoms with van der Waals surface area (Å²) in [5, 5.41) is 0.120. The normalized spacial score (nSPS) is 13.2. The van der Waals surface area contributed by atoms with Gasteiger partial charge in [-0.15, -0.1) is 18.4 Å². The van der Waals surface area contributed by atoms with Crippen LogP contribution in [-0.4, -0.2) is 41.1 Å². The van der Waals surface area contributed by atoms with Crippen LogP contribution in [0.1, 0.15) is 47.0 Å². The lowest BCUT2D eigenvalue weighted by molar-refractivity contribution is -0.170. The van der Waals surface area contributed by atoms with Gasteiger partial charge in [0.25, 0.3) is 0 Å². The summed E-state index contributed by atoms with van der Waals surface area (Å²) in [5.74, 6) is 4.21. The highest BCUT2D eigenvalue weighted by molar-refractivity contribution is 6.74. The van der Waals surface area contributed by atoms with Gasteiger partial charge in [0.2, 0.25) is 0 Å². The Morgan fingerprint density at radius 3 is 2.04 bits per heavy atom. The van der Waals surface area contributed by atoms with Gasteiger partial charge in [0.15, 0.2) is 13.7 Å². The zero-order valence-corrected chi connectivity index (χ0v) is 19.2. The minimum Gasteiger partial charge on any atom is -0.468 e. The molecular weight excluding hydrogens is 360 g/mol. The van der Waals surface area contributed by atoms with Crippen LogP contribution in [0.15, 0.2) is 12.7 Å². The summed E-state index contributed by atoms with van der Waals surface area (Å²) >= 11 is 0. The molecule has 0 saturated carbocycles. The van der Waals surface area contributed by atoms with Crippen LogP contribution in [-0.2, 0) is 23.5 Å². The summed E-state index contributed by atoms with van der Waals surface area (Å²) in [6, 6.07) is 0. The molecule has 5 nitrogen and oxygen atoms in total. The molecule has 0 aromatic carbocycles. The van der Waals surface area contributed by atoms with E-state index in [4.69, 9.17) is 13.9 Å². The Balaban J connectivity index is 5.40. The Bertz CT molecular complexity index is 562. The molecule has 0 rings (SSSR count). The lowest BCUT2D eigenvalue weighted by Crippen LogP contribution is -2.43. The lowest BCUT2D eigenvalue weighted by Gasteiger charge is -2.36. The topological polar surface area (TPSA) is 61.8 Å². The van der Waals surface area contributed by atoms with Gasteiger partial charge in [-0.05, 0) is 43.8 Å². The number of ether oxygens (including phenoxy) is 2. The first-order valence-electron chi connectivity index (χ1n) is 9.24. The van der Waals surface area contributed by atoms with E-state index in [-0.39, 0.29) is 23.8 Å². The minimum atomic E-state index is -1.86. The van der Waals surface area contributed by atoms with E-state index in [1.165, 1.54) is 14.2 Å². The second-order valence-electron chi connectivity index (χ2n) is 8.27.